The monoisotopic (exact) mass is 421 g/mol. The molecule has 10 nitrogen and oxygen atoms in total. The molecule has 2 saturated heterocycles. The predicted molar refractivity (Wildman–Crippen MR) is 98.8 cm³/mol. The summed E-state index contributed by atoms with van der Waals surface area (Å²) >= 11 is 0. The topological polar surface area (TPSA) is 105 Å². The van der Waals surface area contributed by atoms with Crippen molar-refractivity contribution in [3.8, 4) is 0 Å². The van der Waals surface area contributed by atoms with Crippen LogP contribution in [0, 0.1) is 6.92 Å². The van der Waals surface area contributed by atoms with Crippen LogP contribution in [0.1, 0.15) is 19.7 Å². The SMILES string of the molecule is Cc1nc(S(=O)(=O)N2CCN(S(=O)(=O)N3CC(C)OC(C)C3)CC2)cn1C. The first-order valence-electron chi connectivity index (χ1n) is 8.92. The summed E-state index contributed by atoms with van der Waals surface area (Å²) in [4.78, 5) is 4.09. The molecule has 2 fully saturated rings. The number of hydrogen-bond acceptors (Lipinski definition) is 6. The van der Waals surface area contributed by atoms with E-state index in [4.69, 9.17) is 4.74 Å². The van der Waals surface area contributed by atoms with Gasteiger partial charge in [-0.25, -0.2) is 13.4 Å². The zero-order chi connectivity index (χ0) is 20.0. The van der Waals surface area contributed by atoms with Crippen LogP contribution in [-0.4, -0.2) is 90.8 Å². The van der Waals surface area contributed by atoms with Crippen molar-refractivity contribution in [2.24, 2.45) is 7.05 Å². The molecule has 3 rings (SSSR count). The van der Waals surface area contributed by atoms with Crippen molar-refractivity contribution in [2.75, 3.05) is 39.3 Å². The van der Waals surface area contributed by atoms with Gasteiger partial charge in [0.2, 0.25) is 0 Å². The Morgan fingerprint density at radius 3 is 1.96 bits per heavy atom. The van der Waals surface area contributed by atoms with E-state index < -0.39 is 20.2 Å². The number of morpholine rings is 1. The van der Waals surface area contributed by atoms with Crippen molar-refractivity contribution in [3.05, 3.63) is 12.0 Å². The summed E-state index contributed by atoms with van der Waals surface area (Å²) in [5, 5.41) is -0.00497. The lowest BCUT2D eigenvalue weighted by atomic mass is 10.3. The molecule has 3 heterocycles. The summed E-state index contributed by atoms with van der Waals surface area (Å²) in [5.41, 5.74) is 0. The van der Waals surface area contributed by atoms with Gasteiger partial charge in [0.25, 0.3) is 20.2 Å². The Morgan fingerprint density at radius 1 is 0.963 bits per heavy atom. The third kappa shape index (κ3) is 4.05. The molecule has 2 unspecified atom stereocenters. The van der Waals surface area contributed by atoms with Crippen molar-refractivity contribution in [1.82, 2.24) is 22.5 Å². The molecule has 154 valence electrons. The minimum Gasteiger partial charge on any atom is -0.373 e. The van der Waals surface area contributed by atoms with Crippen LogP contribution in [0.25, 0.3) is 0 Å². The Labute approximate surface area is 160 Å². The van der Waals surface area contributed by atoms with Crippen LogP contribution < -0.4 is 0 Å². The van der Waals surface area contributed by atoms with Crippen LogP contribution in [0.15, 0.2) is 11.2 Å². The molecule has 0 aromatic carbocycles. The molecule has 0 amide bonds. The van der Waals surface area contributed by atoms with Gasteiger partial charge >= 0.3 is 0 Å². The van der Waals surface area contributed by atoms with Crippen LogP contribution in [0.4, 0.5) is 0 Å². The number of rotatable bonds is 4. The first-order valence-corrected chi connectivity index (χ1v) is 11.8. The summed E-state index contributed by atoms with van der Waals surface area (Å²) in [6.45, 7) is 6.47. The van der Waals surface area contributed by atoms with E-state index in [1.807, 2.05) is 13.8 Å². The van der Waals surface area contributed by atoms with Gasteiger partial charge < -0.3 is 9.30 Å². The first kappa shape index (κ1) is 20.7. The Hall–Kier alpha value is -1.05. The van der Waals surface area contributed by atoms with E-state index in [2.05, 4.69) is 4.98 Å². The predicted octanol–water partition coefficient (Wildman–Crippen LogP) is -0.611. The van der Waals surface area contributed by atoms with Gasteiger partial charge in [0, 0.05) is 52.5 Å². The van der Waals surface area contributed by atoms with Crippen molar-refractivity contribution < 1.29 is 21.6 Å². The molecule has 2 aliphatic heterocycles. The normalized spacial score (nSPS) is 27.1. The van der Waals surface area contributed by atoms with Gasteiger partial charge in [-0.05, 0) is 20.8 Å². The van der Waals surface area contributed by atoms with Crippen molar-refractivity contribution >= 4 is 20.2 Å². The van der Waals surface area contributed by atoms with Crippen molar-refractivity contribution in [3.63, 3.8) is 0 Å². The summed E-state index contributed by atoms with van der Waals surface area (Å²) < 4.78 is 62.7. The molecule has 0 aliphatic carbocycles. The van der Waals surface area contributed by atoms with E-state index >= 15 is 0 Å². The van der Waals surface area contributed by atoms with Crippen LogP contribution in [-0.2, 0) is 32.0 Å². The van der Waals surface area contributed by atoms with E-state index in [0.29, 0.717) is 18.9 Å². The fourth-order valence-electron chi connectivity index (χ4n) is 3.41. The molecule has 0 spiro atoms. The largest absolute Gasteiger partial charge is 0.373 e. The number of aromatic nitrogens is 2. The Kier molecular flexibility index (Phi) is 5.67. The molecule has 2 aliphatic rings. The lowest BCUT2D eigenvalue weighted by molar-refractivity contribution is -0.0456. The minimum atomic E-state index is -3.73. The number of ether oxygens (including phenoxy) is 1. The number of nitrogens with zero attached hydrogens (tertiary/aromatic N) is 5. The highest BCUT2D eigenvalue weighted by Crippen LogP contribution is 2.21. The molecule has 2 atom stereocenters. The van der Waals surface area contributed by atoms with Gasteiger partial charge in [-0.1, -0.05) is 0 Å². The number of sulfonamides is 1. The summed E-state index contributed by atoms with van der Waals surface area (Å²) in [7, 11) is -5.64. The third-order valence-electron chi connectivity index (χ3n) is 4.93. The lowest BCUT2D eigenvalue weighted by Gasteiger charge is -2.39. The van der Waals surface area contributed by atoms with Gasteiger partial charge in [0.15, 0.2) is 5.03 Å². The zero-order valence-corrected chi connectivity index (χ0v) is 17.7. The maximum Gasteiger partial charge on any atom is 0.282 e. The Bertz CT molecular complexity index is 860. The molecule has 0 saturated carbocycles. The highest BCUT2D eigenvalue weighted by Gasteiger charge is 2.39. The average molecular weight is 422 g/mol. The number of piperazine rings is 1. The summed E-state index contributed by atoms with van der Waals surface area (Å²) in [6, 6.07) is 0. The highest BCUT2D eigenvalue weighted by atomic mass is 32.2. The Morgan fingerprint density at radius 2 is 1.48 bits per heavy atom. The fourth-order valence-corrected chi connectivity index (χ4v) is 6.60. The van der Waals surface area contributed by atoms with E-state index in [1.165, 1.54) is 19.1 Å². The average Bonchev–Trinajstić information content (AvgIpc) is 2.94. The van der Waals surface area contributed by atoms with E-state index in [1.54, 1.807) is 18.5 Å². The van der Waals surface area contributed by atoms with Gasteiger partial charge in [-0.2, -0.15) is 21.3 Å². The summed E-state index contributed by atoms with van der Waals surface area (Å²) in [5.74, 6) is 0.602. The minimum absolute atomic E-state index is 0.00497. The molecule has 0 N–H and O–H groups in total. The molecule has 1 aromatic rings. The molecular weight excluding hydrogens is 394 g/mol. The Balaban J connectivity index is 1.69. The van der Waals surface area contributed by atoms with E-state index in [9.17, 15) is 16.8 Å². The lowest BCUT2D eigenvalue weighted by Crippen LogP contribution is -2.57. The third-order valence-corrected chi connectivity index (χ3v) is 8.67. The zero-order valence-electron chi connectivity index (χ0n) is 16.1. The van der Waals surface area contributed by atoms with Crippen LogP contribution in [0.3, 0.4) is 0 Å². The van der Waals surface area contributed by atoms with Gasteiger partial charge in [0.1, 0.15) is 5.82 Å². The van der Waals surface area contributed by atoms with Crippen LogP contribution in [0.5, 0.6) is 0 Å². The second-order valence-electron chi connectivity index (χ2n) is 7.12. The molecule has 1 aromatic heterocycles. The molecule has 12 heteroatoms. The fraction of sp³-hybridized carbons (Fsp3) is 0.800. The van der Waals surface area contributed by atoms with Crippen molar-refractivity contribution in [1.29, 1.82) is 0 Å². The maximum atomic E-state index is 12.9. The molecule has 0 bridgehead atoms. The standard InChI is InChI=1S/C15H27N5O5S2/c1-12-9-20(10-13(2)25-12)27(23,24)19-7-5-18(6-8-19)26(21,22)15-11-17(4)14(3)16-15/h11-13H,5-10H2,1-4H3. The smallest absolute Gasteiger partial charge is 0.282 e. The second-order valence-corrected chi connectivity index (χ2v) is 10.9. The molecule has 0 radical (unpaired) electrons. The van der Waals surface area contributed by atoms with Gasteiger partial charge in [-0.3, -0.25) is 0 Å². The highest BCUT2D eigenvalue weighted by molar-refractivity contribution is 7.89. The maximum absolute atomic E-state index is 12.9. The van der Waals surface area contributed by atoms with Crippen LogP contribution >= 0.6 is 0 Å². The summed E-state index contributed by atoms with van der Waals surface area (Å²) in [6.07, 6.45) is 1.14. The van der Waals surface area contributed by atoms with E-state index in [-0.39, 0.29) is 43.4 Å². The van der Waals surface area contributed by atoms with E-state index in [0.717, 1.165) is 0 Å². The molecule has 27 heavy (non-hydrogen) atoms. The van der Waals surface area contributed by atoms with Crippen molar-refractivity contribution in [2.45, 2.75) is 38.0 Å². The van der Waals surface area contributed by atoms with Crippen LogP contribution in [0.2, 0.25) is 0 Å². The number of hydrogen-bond donors (Lipinski definition) is 0. The van der Waals surface area contributed by atoms with Gasteiger partial charge in [-0.15, -0.1) is 0 Å². The van der Waals surface area contributed by atoms with Gasteiger partial charge in [0.05, 0.1) is 12.2 Å². The molecular formula is C15H27N5O5S2. The first-order chi connectivity index (χ1) is 12.5. The second kappa shape index (κ2) is 7.41. The quantitative estimate of drug-likeness (QED) is 0.642. The number of imidazole rings is 1. The number of aryl methyl sites for hydroxylation is 2.